The molecule has 3 rings (SSSR count). The predicted molar refractivity (Wildman–Crippen MR) is 106 cm³/mol. The summed E-state index contributed by atoms with van der Waals surface area (Å²) in [7, 11) is 0. The topological polar surface area (TPSA) is 82.1 Å². The average molecular weight is 462 g/mol. The van der Waals surface area contributed by atoms with Crippen molar-refractivity contribution in [3.05, 3.63) is 41.0 Å². The third-order valence-corrected chi connectivity index (χ3v) is 5.92. The summed E-state index contributed by atoms with van der Waals surface area (Å²) in [4.78, 5) is 13.4. The van der Waals surface area contributed by atoms with E-state index in [4.69, 9.17) is 9.47 Å². The van der Waals surface area contributed by atoms with Crippen molar-refractivity contribution in [3.8, 4) is 5.75 Å². The number of anilines is 1. The third kappa shape index (κ3) is 5.45. The molecular formula is C19H19F3NO5S2-. The fourth-order valence-corrected chi connectivity index (χ4v) is 4.59. The maximum absolute atomic E-state index is 12.8. The normalized spacial score (nSPS) is 20.7. The van der Waals surface area contributed by atoms with Gasteiger partial charge < -0.3 is 29.4 Å². The number of phenols is 1. The second kappa shape index (κ2) is 9.54. The minimum Gasteiger partial charge on any atom is -0.547 e. The molecule has 0 amide bonds. The quantitative estimate of drug-likeness (QED) is 0.646. The van der Waals surface area contributed by atoms with Gasteiger partial charge in [0.15, 0.2) is 6.29 Å². The molecule has 1 atom stereocenters. The summed E-state index contributed by atoms with van der Waals surface area (Å²) in [6, 6.07) is 1.99. The van der Waals surface area contributed by atoms with Gasteiger partial charge in [0.1, 0.15) is 11.8 Å². The molecule has 11 heteroatoms. The van der Waals surface area contributed by atoms with E-state index in [1.165, 1.54) is 22.9 Å². The Labute approximate surface area is 179 Å². The largest absolute Gasteiger partial charge is 0.547 e. The Hall–Kier alpha value is -1.82. The molecule has 0 bridgehead atoms. The lowest BCUT2D eigenvalue weighted by atomic mass is 10.1. The molecule has 2 aliphatic rings. The van der Waals surface area contributed by atoms with Gasteiger partial charge in [0.2, 0.25) is 0 Å². The zero-order valence-electron chi connectivity index (χ0n) is 15.8. The van der Waals surface area contributed by atoms with Gasteiger partial charge in [0, 0.05) is 21.6 Å². The molecule has 1 aromatic rings. The number of hydrogen-bond acceptors (Lipinski definition) is 8. The van der Waals surface area contributed by atoms with Crippen LogP contribution in [-0.4, -0.2) is 47.9 Å². The van der Waals surface area contributed by atoms with Crippen molar-refractivity contribution < 1.29 is 37.7 Å². The lowest BCUT2D eigenvalue weighted by Crippen LogP contribution is -2.49. The number of alkyl halides is 3. The lowest BCUT2D eigenvalue weighted by molar-refractivity contribution is -0.306. The van der Waals surface area contributed by atoms with Crippen LogP contribution in [0.25, 0.3) is 0 Å². The van der Waals surface area contributed by atoms with Crippen molar-refractivity contribution in [1.29, 1.82) is 0 Å². The second-order valence-electron chi connectivity index (χ2n) is 6.36. The van der Waals surface area contributed by atoms with Crippen LogP contribution in [0.5, 0.6) is 5.75 Å². The number of benzene rings is 1. The van der Waals surface area contributed by atoms with Crippen molar-refractivity contribution in [2.75, 3.05) is 23.9 Å². The summed E-state index contributed by atoms with van der Waals surface area (Å²) in [5.74, 6) is -1.26. The Morgan fingerprint density at radius 3 is 2.63 bits per heavy atom. The Morgan fingerprint density at radius 1 is 1.33 bits per heavy atom. The molecule has 0 aromatic heterocycles. The van der Waals surface area contributed by atoms with Crippen LogP contribution in [0.2, 0.25) is 0 Å². The SMILES string of the molecule is CCSC1=CC(C2OCCCO2)=CN(c2cc(SC(F)(F)F)ccc2O)C1C(=O)[O-]. The number of carbonyl (C=O) groups is 1. The molecule has 1 unspecified atom stereocenters. The van der Waals surface area contributed by atoms with Gasteiger partial charge in [-0.3, -0.25) is 0 Å². The number of halogens is 3. The number of rotatable bonds is 6. The number of carboxylic acids is 1. The van der Waals surface area contributed by atoms with E-state index >= 15 is 0 Å². The first-order valence-corrected chi connectivity index (χ1v) is 10.9. The molecule has 6 nitrogen and oxygen atoms in total. The summed E-state index contributed by atoms with van der Waals surface area (Å²) < 4.78 is 49.6. The van der Waals surface area contributed by atoms with Gasteiger partial charge in [0.25, 0.3) is 0 Å². The highest BCUT2D eigenvalue weighted by Gasteiger charge is 2.33. The molecule has 0 radical (unpaired) electrons. The number of carboxylic acid groups (broad SMARTS) is 1. The number of hydrogen-bond donors (Lipinski definition) is 1. The molecular weight excluding hydrogens is 443 g/mol. The van der Waals surface area contributed by atoms with Crippen molar-refractivity contribution in [3.63, 3.8) is 0 Å². The van der Waals surface area contributed by atoms with Gasteiger partial charge in [-0.2, -0.15) is 13.2 Å². The van der Waals surface area contributed by atoms with E-state index < -0.39 is 23.8 Å². The standard InChI is InChI=1S/C19H20F3NO5S2/c1-2-29-15-8-11(18-27-6-3-7-28-18)10-23(16(15)17(25)26)13-9-12(4-5-14(13)24)30-19(20,21)22/h4-5,8-10,16,18,24H,2-3,6-7H2,1H3,(H,25,26)/p-1. The minimum absolute atomic E-state index is 0.0888. The highest BCUT2D eigenvalue weighted by atomic mass is 32.2. The molecule has 1 saturated heterocycles. The number of carbonyl (C=O) groups excluding carboxylic acids is 1. The second-order valence-corrected chi connectivity index (χ2v) is 8.84. The van der Waals surface area contributed by atoms with Crippen LogP contribution in [-0.2, 0) is 14.3 Å². The number of thioether (sulfide) groups is 2. The monoisotopic (exact) mass is 462 g/mol. The van der Waals surface area contributed by atoms with Crippen molar-refractivity contribution >= 4 is 35.2 Å². The molecule has 0 saturated carbocycles. The van der Waals surface area contributed by atoms with Gasteiger partial charge in [-0.25, -0.2) is 0 Å². The van der Waals surface area contributed by atoms with E-state index in [1.807, 2.05) is 6.92 Å². The average Bonchev–Trinajstić information content (AvgIpc) is 2.68. The van der Waals surface area contributed by atoms with Crippen molar-refractivity contribution in [2.45, 2.75) is 36.1 Å². The van der Waals surface area contributed by atoms with E-state index in [0.717, 1.165) is 18.2 Å². The van der Waals surface area contributed by atoms with Crippen LogP contribution < -0.4 is 10.0 Å². The molecule has 2 heterocycles. The minimum atomic E-state index is -4.53. The van der Waals surface area contributed by atoms with E-state index in [1.54, 1.807) is 6.08 Å². The summed E-state index contributed by atoms with van der Waals surface area (Å²) >= 11 is 0.901. The highest BCUT2D eigenvalue weighted by molar-refractivity contribution is 8.03. The molecule has 1 N–H and O–H groups in total. The summed E-state index contributed by atoms with van der Waals surface area (Å²) in [5, 5.41) is 22.3. The van der Waals surface area contributed by atoms with Gasteiger partial charge in [-0.15, -0.1) is 11.8 Å². The van der Waals surface area contributed by atoms with E-state index in [2.05, 4.69) is 0 Å². The van der Waals surface area contributed by atoms with Gasteiger partial charge >= 0.3 is 5.51 Å². The zero-order valence-corrected chi connectivity index (χ0v) is 17.5. The smallest absolute Gasteiger partial charge is 0.446 e. The first-order valence-electron chi connectivity index (χ1n) is 9.07. The maximum Gasteiger partial charge on any atom is 0.446 e. The molecule has 2 aliphatic heterocycles. The summed E-state index contributed by atoms with van der Waals surface area (Å²) in [5.41, 5.74) is -4.12. The Balaban J connectivity index is 2.06. The van der Waals surface area contributed by atoms with E-state index in [0.29, 0.717) is 35.9 Å². The maximum atomic E-state index is 12.8. The molecule has 0 spiro atoms. The number of ether oxygens (including phenoxy) is 2. The number of aromatic hydroxyl groups is 1. The van der Waals surface area contributed by atoms with Crippen LogP contribution in [0.3, 0.4) is 0 Å². The Kier molecular flexibility index (Phi) is 7.27. The van der Waals surface area contributed by atoms with E-state index in [-0.39, 0.29) is 28.1 Å². The highest BCUT2D eigenvalue weighted by Crippen LogP contribution is 2.43. The van der Waals surface area contributed by atoms with Crippen LogP contribution in [0.1, 0.15) is 13.3 Å². The third-order valence-electron chi connectivity index (χ3n) is 4.24. The number of nitrogens with zero attached hydrogens (tertiary/aromatic N) is 1. The predicted octanol–water partition coefficient (Wildman–Crippen LogP) is 3.23. The van der Waals surface area contributed by atoms with Gasteiger partial charge in [0.05, 0.1) is 24.9 Å². The molecule has 164 valence electrons. The number of aliphatic carboxylic acids is 1. The van der Waals surface area contributed by atoms with Crippen LogP contribution in [0, 0.1) is 0 Å². The number of phenolic OH excluding ortho intramolecular Hbond substituents is 1. The molecule has 0 aliphatic carbocycles. The van der Waals surface area contributed by atoms with Crippen molar-refractivity contribution in [2.24, 2.45) is 0 Å². The first kappa shape index (κ1) is 22.9. The Morgan fingerprint density at radius 2 is 2.03 bits per heavy atom. The Bertz CT molecular complexity index is 853. The van der Waals surface area contributed by atoms with Gasteiger partial charge in [-0.1, -0.05) is 6.92 Å². The molecule has 30 heavy (non-hydrogen) atoms. The van der Waals surface area contributed by atoms with Crippen molar-refractivity contribution in [1.82, 2.24) is 0 Å². The summed E-state index contributed by atoms with van der Waals surface area (Å²) in [6.07, 6.45) is 3.01. The van der Waals surface area contributed by atoms with Crippen LogP contribution in [0.4, 0.5) is 18.9 Å². The van der Waals surface area contributed by atoms with E-state index in [9.17, 15) is 28.2 Å². The van der Waals surface area contributed by atoms with Gasteiger partial charge in [-0.05, 0) is 48.2 Å². The molecule has 1 fully saturated rings. The zero-order chi connectivity index (χ0) is 21.9. The summed E-state index contributed by atoms with van der Waals surface area (Å²) in [6.45, 7) is 2.75. The first-order chi connectivity index (χ1) is 14.2. The van der Waals surface area contributed by atoms with Crippen LogP contribution >= 0.6 is 23.5 Å². The molecule has 1 aromatic carbocycles. The van der Waals surface area contributed by atoms with Crippen LogP contribution in [0.15, 0.2) is 45.8 Å². The fraction of sp³-hybridized carbons (Fsp3) is 0.421. The lowest BCUT2D eigenvalue weighted by Gasteiger charge is -2.38. The fourth-order valence-electron chi connectivity index (χ4n) is 3.09.